The SMILES string of the molecule is c1cncc(CN2C[C@H]3CCC[C@@]3(COCc3ccncc3)C2)c1. The summed E-state index contributed by atoms with van der Waals surface area (Å²) >= 11 is 0. The van der Waals surface area contributed by atoms with Gasteiger partial charge in [-0.3, -0.25) is 14.9 Å². The van der Waals surface area contributed by atoms with E-state index in [9.17, 15) is 0 Å². The Kier molecular flexibility index (Phi) is 4.58. The number of nitrogens with zero attached hydrogens (tertiary/aromatic N) is 3. The molecule has 1 aliphatic heterocycles. The van der Waals surface area contributed by atoms with Gasteiger partial charge in [0.25, 0.3) is 0 Å². The summed E-state index contributed by atoms with van der Waals surface area (Å²) in [5.74, 6) is 0.784. The first-order chi connectivity index (χ1) is 11.8. The van der Waals surface area contributed by atoms with Gasteiger partial charge in [-0.25, -0.2) is 0 Å². The molecule has 4 rings (SSSR count). The highest BCUT2D eigenvalue weighted by Crippen LogP contribution is 2.49. The fourth-order valence-corrected chi connectivity index (χ4v) is 4.48. The second-order valence-corrected chi connectivity index (χ2v) is 7.33. The number of rotatable bonds is 6. The lowest BCUT2D eigenvalue weighted by atomic mass is 9.81. The number of hydrogen-bond donors (Lipinski definition) is 0. The summed E-state index contributed by atoms with van der Waals surface area (Å²) in [6.07, 6.45) is 11.5. The van der Waals surface area contributed by atoms with Crippen molar-refractivity contribution in [3.63, 3.8) is 0 Å². The molecule has 0 N–H and O–H groups in total. The van der Waals surface area contributed by atoms with E-state index in [4.69, 9.17) is 4.74 Å². The van der Waals surface area contributed by atoms with Crippen LogP contribution in [0.4, 0.5) is 0 Å². The third-order valence-electron chi connectivity index (χ3n) is 5.65. The van der Waals surface area contributed by atoms with Gasteiger partial charge in [0, 0.05) is 49.8 Å². The first-order valence-electron chi connectivity index (χ1n) is 8.92. The van der Waals surface area contributed by atoms with Gasteiger partial charge in [-0.1, -0.05) is 12.5 Å². The fraction of sp³-hybridized carbons (Fsp3) is 0.500. The average Bonchev–Trinajstić information content (AvgIpc) is 3.13. The van der Waals surface area contributed by atoms with Gasteiger partial charge < -0.3 is 4.74 Å². The third-order valence-corrected chi connectivity index (χ3v) is 5.65. The van der Waals surface area contributed by atoms with E-state index in [0.29, 0.717) is 12.0 Å². The van der Waals surface area contributed by atoms with E-state index < -0.39 is 0 Å². The zero-order chi connectivity index (χ0) is 16.2. The van der Waals surface area contributed by atoms with E-state index in [1.165, 1.54) is 36.9 Å². The van der Waals surface area contributed by atoms with E-state index >= 15 is 0 Å². The van der Waals surface area contributed by atoms with Crippen molar-refractivity contribution < 1.29 is 4.74 Å². The number of aromatic nitrogens is 2. The molecule has 0 aromatic carbocycles. The van der Waals surface area contributed by atoms with Crippen LogP contribution < -0.4 is 0 Å². The molecule has 0 unspecified atom stereocenters. The van der Waals surface area contributed by atoms with Crippen LogP contribution in [0.5, 0.6) is 0 Å². The molecule has 0 bridgehead atoms. The molecule has 24 heavy (non-hydrogen) atoms. The standard InChI is InChI=1S/C20H25N3O/c1-4-19-13-23(12-18-3-2-8-22-11-18)15-20(19,7-1)16-24-14-17-5-9-21-10-6-17/h2-3,5-6,8-11,19H,1,4,7,12-16H2/t19-,20+/m1/s1. The Balaban J connectivity index is 1.36. The molecule has 2 aromatic rings. The molecule has 2 aromatic heterocycles. The number of likely N-dealkylation sites (tertiary alicyclic amines) is 1. The summed E-state index contributed by atoms with van der Waals surface area (Å²) in [5.41, 5.74) is 2.88. The molecule has 0 radical (unpaired) electrons. The summed E-state index contributed by atoms with van der Waals surface area (Å²) in [4.78, 5) is 10.9. The molecule has 2 aliphatic rings. The number of fused-ring (bicyclic) bond motifs is 1. The lowest BCUT2D eigenvalue weighted by molar-refractivity contribution is 0.0266. The van der Waals surface area contributed by atoms with Gasteiger partial charge >= 0.3 is 0 Å². The van der Waals surface area contributed by atoms with E-state index in [2.05, 4.69) is 20.9 Å². The van der Waals surface area contributed by atoms with Crippen molar-refractivity contribution in [3.05, 3.63) is 60.2 Å². The Morgan fingerprint density at radius 1 is 1.12 bits per heavy atom. The van der Waals surface area contributed by atoms with Crippen molar-refractivity contribution >= 4 is 0 Å². The van der Waals surface area contributed by atoms with Crippen LogP contribution >= 0.6 is 0 Å². The maximum atomic E-state index is 6.14. The summed E-state index contributed by atoms with van der Waals surface area (Å²) in [7, 11) is 0. The average molecular weight is 323 g/mol. The summed E-state index contributed by atoms with van der Waals surface area (Å²) in [5, 5.41) is 0. The topological polar surface area (TPSA) is 38.2 Å². The van der Waals surface area contributed by atoms with Crippen molar-refractivity contribution in [2.75, 3.05) is 19.7 Å². The molecule has 1 saturated heterocycles. The van der Waals surface area contributed by atoms with E-state index in [1.807, 2.05) is 43.0 Å². The zero-order valence-electron chi connectivity index (χ0n) is 14.1. The number of pyridine rings is 2. The number of ether oxygens (including phenoxy) is 1. The molecule has 1 saturated carbocycles. The van der Waals surface area contributed by atoms with Crippen LogP contribution in [0, 0.1) is 11.3 Å². The van der Waals surface area contributed by atoms with E-state index in [0.717, 1.165) is 25.6 Å². The molecule has 4 nitrogen and oxygen atoms in total. The molecule has 1 aliphatic carbocycles. The van der Waals surface area contributed by atoms with Crippen LogP contribution in [-0.2, 0) is 17.9 Å². The van der Waals surface area contributed by atoms with Crippen molar-refractivity contribution in [2.24, 2.45) is 11.3 Å². The largest absolute Gasteiger partial charge is 0.376 e. The Bertz CT molecular complexity index is 648. The Morgan fingerprint density at radius 2 is 2.04 bits per heavy atom. The summed E-state index contributed by atoms with van der Waals surface area (Å²) in [6.45, 7) is 4.94. The van der Waals surface area contributed by atoms with E-state index in [1.54, 1.807) is 0 Å². The first-order valence-corrected chi connectivity index (χ1v) is 8.92. The zero-order valence-corrected chi connectivity index (χ0v) is 14.1. The Hall–Kier alpha value is -1.78. The van der Waals surface area contributed by atoms with Crippen LogP contribution in [0.1, 0.15) is 30.4 Å². The highest BCUT2D eigenvalue weighted by Gasteiger charge is 2.49. The van der Waals surface area contributed by atoms with Gasteiger partial charge in [-0.05, 0) is 48.1 Å². The molecule has 2 atom stereocenters. The Morgan fingerprint density at radius 3 is 2.88 bits per heavy atom. The van der Waals surface area contributed by atoms with Gasteiger partial charge in [0.15, 0.2) is 0 Å². The van der Waals surface area contributed by atoms with Crippen LogP contribution in [0.2, 0.25) is 0 Å². The molecular formula is C20H25N3O. The van der Waals surface area contributed by atoms with Gasteiger partial charge in [-0.15, -0.1) is 0 Å². The molecule has 126 valence electrons. The minimum Gasteiger partial charge on any atom is -0.376 e. The molecule has 4 heteroatoms. The van der Waals surface area contributed by atoms with Gasteiger partial charge in [-0.2, -0.15) is 0 Å². The first kappa shape index (κ1) is 15.7. The molecule has 3 heterocycles. The maximum absolute atomic E-state index is 6.14. The highest BCUT2D eigenvalue weighted by molar-refractivity contribution is 5.11. The van der Waals surface area contributed by atoms with Crippen LogP contribution in [0.25, 0.3) is 0 Å². The predicted molar refractivity (Wildman–Crippen MR) is 93.2 cm³/mol. The molecule has 2 fully saturated rings. The van der Waals surface area contributed by atoms with E-state index in [-0.39, 0.29) is 0 Å². The minimum atomic E-state index is 0.356. The summed E-state index contributed by atoms with van der Waals surface area (Å²) in [6, 6.07) is 8.27. The van der Waals surface area contributed by atoms with Crippen LogP contribution in [0.3, 0.4) is 0 Å². The number of hydrogen-bond acceptors (Lipinski definition) is 4. The molecule has 0 amide bonds. The quantitative estimate of drug-likeness (QED) is 0.817. The minimum absolute atomic E-state index is 0.356. The smallest absolute Gasteiger partial charge is 0.0718 e. The maximum Gasteiger partial charge on any atom is 0.0718 e. The second-order valence-electron chi connectivity index (χ2n) is 7.33. The van der Waals surface area contributed by atoms with Gasteiger partial charge in [0.05, 0.1) is 13.2 Å². The highest BCUT2D eigenvalue weighted by atomic mass is 16.5. The third kappa shape index (κ3) is 3.35. The lowest BCUT2D eigenvalue weighted by Crippen LogP contribution is -2.32. The van der Waals surface area contributed by atoms with Gasteiger partial charge in [0.2, 0.25) is 0 Å². The second kappa shape index (κ2) is 6.99. The van der Waals surface area contributed by atoms with Crippen molar-refractivity contribution in [2.45, 2.75) is 32.4 Å². The van der Waals surface area contributed by atoms with Crippen molar-refractivity contribution in [1.29, 1.82) is 0 Å². The van der Waals surface area contributed by atoms with Crippen molar-refractivity contribution in [1.82, 2.24) is 14.9 Å². The van der Waals surface area contributed by atoms with Crippen LogP contribution in [0.15, 0.2) is 49.1 Å². The molecule has 0 spiro atoms. The monoisotopic (exact) mass is 323 g/mol. The summed E-state index contributed by atoms with van der Waals surface area (Å²) < 4.78 is 6.14. The lowest BCUT2D eigenvalue weighted by Gasteiger charge is -2.29. The van der Waals surface area contributed by atoms with Crippen LogP contribution in [-0.4, -0.2) is 34.6 Å². The fourth-order valence-electron chi connectivity index (χ4n) is 4.48. The van der Waals surface area contributed by atoms with Crippen molar-refractivity contribution in [3.8, 4) is 0 Å². The predicted octanol–water partition coefficient (Wildman–Crippen LogP) is 3.30. The van der Waals surface area contributed by atoms with Gasteiger partial charge in [0.1, 0.15) is 0 Å². The normalized spacial score (nSPS) is 26.6. The molecular weight excluding hydrogens is 298 g/mol. The Labute approximate surface area is 143 Å².